The van der Waals surface area contributed by atoms with Crippen molar-refractivity contribution in [2.24, 2.45) is 0 Å². The summed E-state index contributed by atoms with van der Waals surface area (Å²) in [5, 5.41) is 0.138. The van der Waals surface area contributed by atoms with Crippen LogP contribution in [-0.4, -0.2) is 17.7 Å². The third-order valence-electron chi connectivity index (χ3n) is 2.65. The van der Waals surface area contributed by atoms with Crippen LogP contribution in [0.4, 0.5) is 0 Å². The fourth-order valence-electron chi connectivity index (χ4n) is 1.70. The SMILES string of the molecule is O=C(Oc1cc(=O)[nH]cc1Cl)c1ccc2c(c1)OCO2. The molecule has 7 heteroatoms. The minimum Gasteiger partial charge on any atom is -0.454 e. The molecule has 102 valence electrons. The van der Waals surface area contributed by atoms with E-state index in [-0.39, 0.29) is 23.1 Å². The summed E-state index contributed by atoms with van der Waals surface area (Å²) in [6, 6.07) is 5.76. The van der Waals surface area contributed by atoms with Crippen LogP contribution < -0.4 is 19.8 Å². The number of esters is 1. The minimum atomic E-state index is -0.643. The molecule has 3 rings (SSSR count). The Balaban J connectivity index is 1.86. The van der Waals surface area contributed by atoms with Crippen LogP contribution in [0, 0.1) is 0 Å². The summed E-state index contributed by atoms with van der Waals surface area (Å²) in [5.74, 6) is 0.390. The maximum absolute atomic E-state index is 12.0. The average molecular weight is 294 g/mol. The van der Waals surface area contributed by atoms with Crippen molar-refractivity contribution in [2.75, 3.05) is 6.79 Å². The molecule has 2 aromatic rings. The zero-order chi connectivity index (χ0) is 14.1. The monoisotopic (exact) mass is 293 g/mol. The zero-order valence-electron chi connectivity index (χ0n) is 10.0. The molecule has 0 saturated heterocycles. The van der Waals surface area contributed by atoms with Gasteiger partial charge in [-0.05, 0) is 18.2 Å². The average Bonchev–Trinajstić information content (AvgIpc) is 2.90. The highest BCUT2D eigenvalue weighted by molar-refractivity contribution is 6.32. The van der Waals surface area contributed by atoms with E-state index in [0.717, 1.165) is 6.07 Å². The lowest BCUT2D eigenvalue weighted by Gasteiger charge is -2.06. The number of ether oxygens (including phenoxy) is 3. The van der Waals surface area contributed by atoms with E-state index in [2.05, 4.69) is 4.98 Å². The Morgan fingerprint density at radius 1 is 1.25 bits per heavy atom. The van der Waals surface area contributed by atoms with Crippen LogP contribution in [0.5, 0.6) is 17.2 Å². The molecule has 1 aromatic carbocycles. The van der Waals surface area contributed by atoms with Crippen LogP contribution in [0.15, 0.2) is 35.3 Å². The highest BCUT2D eigenvalue weighted by Crippen LogP contribution is 2.33. The number of carbonyl (C=O) groups excluding carboxylic acids is 1. The summed E-state index contributed by atoms with van der Waals surface area (Å²) in [6.07, 6.45) is 1.26. The third kappa shape index (κ3) is 2.33. The molecule has 0 fully saturated rings. The lowest BCUT2D eigenvalue weighted by molar-refractivity contribution is 0.0734. The molecule has 6 nitrogen and oxygen atoms in total. The van der Waals surface area contributed by atoms with Crippen molar-refractivity contribution >= 4 is 17.6 Å². The van der Waals surface area contributed by atoms with Crippen molar-refractivity contribution in [2.45, 2.75) is 0 Å². The molecule has 0 atom stereocenters. The van der Waals surface area contributed by atoms with Gasteiger partial charge in [0.1, 0.15) is 0 Å². The number of aromatic nitrogens is 1. The predicted molar refractivity (Wildman–Crippen MR) is 69.6 cm³/mol. The van der Waals surface area contributed by atoms with Gasteiger partial charge in [-0.15, -0.1) is 0 Å². The number of benzene rings is 1. The number of hydrogen-bond donors (Lipinski definition) is 1. The van der Waals surface area contributed by atoms with E-state index >= 15 is 0 Å². The molecule has 20 heavy (non-hydrogen) atoms. The van der Waals surface area contributed by atoms with Crippen molar-refractivity contribution < 1.29 is 19.0 Å². The van der Waals surface area contributed by atoms with Crippen molar-refractivity contribution in [3.63, 3.8) is 0 Å². The van der Waals surface area contributed by atoms with Crippen LogP contribution in [0.1, 0.15) is 10.4 Å². The van der Waals surface area contributed by atoms with Gasteiger partial charge < -0.3 is 19.2 Å². The lowest BCUT2D eigenvalue weighted by atomic mass is 10.2. The maximum atomic E-state index is 12.0. The number of pyridine rings is 1. The first-order chi connectivity index (χ1) is 9.63. The van der Waals surface area contributed by atoms with Gasteiger partial charge in [0, 0.05) is 12.3 Å². The molecule has 0 radical (unpaired) electrons. The largest absolute Gasteiger partial charge is 0.454 e. The van der Waals surface area contributed by atoms with Crippen molar-refractivity contribution in [1.29, 1.82) is 0 Å². The Bertz CT molecular complexity index is 740. The van der Waals surface area contributed by atoms with Crippen LogP contribution in [0.2, 0.25) is 5.02 Å². The molecule has 0 amide bonds. The number of carbonyl (C=O) groups is 1. The van der Waals surface area contributed by atoms with Gasteiger partial charge in [-0.25, -0.2) is 4.79 Å². The van der Waals surface area contributed by atoms with E-state index in [1.165, 1.54) is 18.3 Å². The minimum absolute atomic E-state index is 0.00177. The van der Waals surface area contributed by atoms with E-state index in [4.69, 9.17) is 25.8 Å². The van der Waals surface area contributed by atoms with E-state index in [1.54, 1.807) is 6.07 Å². The van der Waals surface area contributed by atoms with Crippen molar-refractivity contribution in [1.82, 2.24) is 4.98 Å². The second-order valence-electron chi connectivity index (χ2n) is 3.97. The number of fused-ring (bicyclic) bond motifs is 1. The fourth-order valence-corrected chi connectivity index (χ4v) is 1.84. The van der Waals surface area contributed by atoms with E-state index in [0.29, 0.717) is 11.5 Å². The molecule has 1 aliphatic heterocycles. The van der Waals surface area contributed by atoms with Crippen LogP contribution in [0.25, 0.3) is 0 Å². The molecule has 1 aromatic heterocycles. The summed E-state index contributed by atoms with van der Waals surface area (Å²) >= 11 is 5.83. The van der Waals surface area contributed by atoms with Crippen LogP contribution in [-0.2, 0) is 0 Å². The molecular weight excluding hydrogens is 286 g/mol. The smallest absolute Gasteiger partial charge is 0.343 e. The first-order valence-corrected chi connectivity index (χ1v) is 6.01. The molecule has 0 bridgehead atoms. The second kappa shape index (κ2) is 4.90. The number of hydrogen-bond acceptors (Lipinski definition) is 5. The highest BCUT2D eigenvalue weighted by atomic mass is 35.5. The van der Waals surface area contributed by atoms with Crippen LogP contribution >= 0.6 is 11.6 Å². The molecule has 1 N–H and O–H groups in total. The fraction of sp³-hybridized carbons (Fsp3) is 0.0769. The lowest BCUT2D eigenvalue weighted by Crippen LogP contribution is -2.11. The highest BCUT2D eigenvalue weighted by Gasteiger charge is 2.18. The first kappa shape index (κ1) is 12.6. The van der Waals surface area contributed by atoms with Gasteiger partial charge in [0.2, 0.25) is 6.79 Å². The molecular formula is C13H8ClNO5. The van der Waals surface area contributed by atoms with Crippen molar-refractivity contribution in [3.8, 4) is 17.2 Å². The normalized spacial score (nSPS) is 12.2. The molecule has 0 spiro atoms. The summed E-state index contributed by atoms with van der Waals surface area (Å²) in [4.78, 5) is 25.5. The first-order valence-electron chi connectivity index (χ1n) is 5.63. The molecule has 0 aliphatic carbocycles. The van der Waals surface area contributed by atoms with Gasteiger partial charge in [0.15, 0.2) is 17.2 Å². The van der Waals surface area contributed by atoms with Gasteiger partial charge in [-0.3, -0.25) is 4.79 Å². The van der Waals surface area contributed by atoms with E-state index in [9.17, 15) is 9.59 Å². The molecule has 2 heterocycles. The number of nitrogens with one attached hydrogen (secondary N) is 1. The summed E-state index contributed by atoms with van der Waals surface area (Å²) in [6.45, 7) is 0.119. The van der Waals surface area contributed by atoms with Gasteiger partial charge >= 0.3 is 5.97 Å². The molecule has 0 unspecified atom stereocenters. The Morgan fingerprint density at radius 3 is 2.90 bits per heavy atom. The molecule has 1 aliphatic rings. The topological polar surface area (TPSA) is 77.6 Å². The zero-order valence-corrected chi connectivity index (χ0v) is 10.8. The Morgan fingerprint density at radius 2 is 2.05 bits per heavy atom. The Hall–Kier alpha value is -2.47. The van der Waals surface area contributed by atoms with Gasteiger partial charge in [0.05, 0.1) is 10.6 Å². The Kier molecular flexibility index (Phi) is 3.08. The van der Waals surface area contributed by atoms with Crippen molar-refractivity contribution in [3.05, 3.63) is 51.4 Å². The number of halogens is 1. The summed E-state index contributed by atoms with van der Waals surface area (Å²) in [5.41, 5.74) is -0.145. The van der Waals surface area contributed by atoms with E-state index < -0.39 is 11.5 Å². The van der Waals surface area contributed by atoms with Gasteiger partial charge in [-0.1, -0.05) is 11.6 Å². The third-order valence-corrected chi connectivity index (χ3v) is 2.95. The second-order valence-corrected chi connectivity index (χ2v) is 4.37. The molecule has 0 saturated carbocycles. The maximum Gasteiger partial charge on any atom is 0.343 e. The predicted octanol–water partition coefficient (Wildman–Crippen LogP) is 1.98. The van der Waals surface area contributed by atoms with Gasteiger partial charge in [-0.2, -0.15) is 0 Å². The number of H-pyrrole nitrogens is 1. The summed E-state index contributed by atoms with van der Waals surface area (Å²) in [7, 11) is 0. The quantitative estimate of drug-likeness (QED) is 0.857. The Labute approximate surface area is 117 Å². The summed E-state index contributed by atoms with van der Waals surface area (Å²) < 4.78 is 15.4. The number of aromatic amines is 1. The van der Waals surface area contributed by atoms with E-state index in [1.807, 2.05) is 0 Å². The standard InChI is InChI=1S/C13H8ClNO5/c14-8-5-15-12(16)4-10(8)20-13(17)7-1-2-9-11(3-7)19-6-18-9/h1-5H,6H2,(H,15,16). The number of rotatable bonds is 2. The van der Waals surface area contributed by atoms with Crippen LogP contribution in [0.3, 0.4) is 0 Å². The van der Waals surface area contributed by atoms with Gasteiger partial charge in [0.25, 0.3) is 5.56 Å².